The average molecular weight is 379 g/mol. The number of nitrogens with two attached hydrogens (primary N) is 1. The van der Waals surface area contributed by atoms with E-state index in [4.69, 9.17) is 5.84 Å². The number of amides is 1. The third-order valence-corrected chi connectivity index (χ3v) is 5.55. The summed E-state index contributed by atoms with van der Waals surface area (Å²) in [6, 6.07) is 1.79. The zero-order valence-corrected chi connectivity index (χ0v) is 16.2. The first-order valence-corrected chi connectivity index (χ1v) is 8.26. The number of carbonyl (C=O) groups is 2. The van der Waals surface area contributed by atoms with Crippen LogP contribution in [0.1, 0.15) is 24.9 Å². The molecule has 0 saturated carbocycles. The molecular weight excluding hydrogens is 365 g/mol. The molecule has 0 bridgehead atoms. The maximum Gasteiger partial charge on any atom is 1.00 e. The number of β-lactam (4-membered cyclic amide) rings is 1. The van der Waals surface area contributed by atoms with E-state index in [0.29, 0.717) is 5.56 Å². The number of benzene rings is 1. The van der Waals surface area contributed by atoms with Crippen molar-refractivity contribution in [2.75, 3.05) is 0 Å². The van der Waals surface area contributed by atoms with Gasteiger partial charge in [0.15, 0.2) is 33.1 Å². The molecule has 2 aliphatic heterocycles. The molecule has 0 aliphatic carbocycles. The van der Waals surface area contributed by atoms with E-state index < -0.39 is 45.4 Å². The van der Waals surface area contributed by atoms with Crippen molar-refractivity contribution in [3.63, 3.8) is 0 Å². The van der Waals surface area contributed by atoms with Crippen molar-refractivity contribution in [2.45, 2.75) is 31.0 Å². The normalized spacial score (nSPS) is 28.9. The van der Waals surface area contributed by atoms with E-state index in [2.05, 4.69) is 0 Å². The quantitative estimate of drug-likeness (QED) is 0.118. The van der Waals surface area contributed by atoms with Gasteiger partial charge in [0.1, 0.15) is 0 Å². The van der Waals surface area contributed by atoms with Crippen LogP contribution >= 0.6 is 0 Å². The zero-order chi connectivity index (χ0) is 18.0. The number of hydrogen-bond donors (Lipinski definition) is 3. The minimum Gasteiger partial charge on any atom is -0.731 e. The molecule has 12 heteroatoms. The van der Waals surface area contributed by atoms with E-state index in [1.807, 2.05) is 0 Å². The van der Waals surface area contributed by atoms with Crippen LogP contribution in [0, 0.1) is 0 Å². The van der Waals surface area contributed by atoms with Crippen LogP contribution in [0.15, 0.2) is 18.2 Å². The van der Waals surface area contributed by atoms with Crippen LogP contribution in [-0.2, 0) is 19.9 Å². The molecule has 0 aromatic heterocycles. The second-order valence-corrected chi connectivity index (χ2v) is 7.05. The largest absolute Gasteiger partial charge is 1.00 e. The second-order valence-electron chi connectivity index (χ2n) is 5.80. The van der Waals surface area contributed by atoms with E-state index >= 15 is 0 Å². The molecule has 1 amide bonds. The molecule has 0 unspecified atom stereocenters. The number of Topliss-reactive ketones (excluding diaryl/α,β-unsaturated/α-hetero) is 1. The minimum absolute atomic E-state index is 0. The molecule has 10 nitrogen and oxygen atoms in total. The Morgan fingerprint density at radius 2 is 1.96 bits per heavy atom. The third-order valence-electron chi connectivity index (χ3n) is 4.64. The first-order chi connectivity index (χ1) is 11.0. The average Bonchev–Trinajstić information content (AvgIpc) is 2.69. The Morgan fingerprint density at radius 3 is 2.44 bits per heavy atom. The standard InChI is InChI=1S/C13H15N3O7S.Na/c1-6(17)13-11(15(12(13)20)24(21,22)23)5-8(16(13)14)7-2-3-9(18)10(19)4-7;/h2-4,8,11,18-19H,5,14H2,1H3,(H,21,22,23);/q;+1/p-1/t8-,11-,13-;/m1./s1. The summed E-state index contributed by atoms with van der Waals surface area (Å²) in [6.45, 7) is 1.09. The molecule has 4 N–H and O–H groups in total. The Bertz CT molecular complexity index is 861. The van der Waals surface area contributed by atoms with Crippen molar-refractivity contribution in [1.29, 1.82) is 0 Å². The van der Waals surface area contributed by atoms with Gasteiger partial charge in [-0.1, -0.05) is 6.07 Å². The van der Waals surface area contributed by atoms with Gasteiger partial charge in [-0.2, -0.15) is 0 Å². The van der Waals surface area contributed by atoms with Gasteiger partial charge in [-0.05, 0) is 31.0 Å². The smallest absolute Gasteiger partial charge is 0.731 e. The topological polar surface area (TPSA) is 164 Å². The molecule has 2 heterocycles. The summed E-state index contributed by atoms with van der Waals surface area (Å²) in [5.41, 5.74) is -1.56. The van der Waals surface area contributed by atoms with Gasteiger partial charge in [-0.25, -0.2) is 17.7 Å². The Hall–Kier alpha value is -1.21. The number of carbonyl (C=O) groups excluding carboxylic acids is 2. The van der Waals surface area contributed by atoms with E-state index in [0.717, 1.165) is 11.9 Å². The fourth-order valence-corrected chi connectivity index (χ4v) is 4.44. The zero-order valence-electron chi connectivity index (χ0n) is 13.4. The molecule has 1 aromatic rings. The number of fused-ring (bicyclic) bond motifs is 1. The molecule has 25 heavy (non-hydrogen) atoms. The number of phenolic OH excluding ortho intramolecular Hbond substituents is 2. The Balaban J connectivity index is 0.00000225. The summed E-state index contributed by atoms with van der Waals surface area (Å²) in [5.74, 6) is 3.28. The predicted molar refractivity (Wildman–Crippen MR) is 76.9 cm³/mol. The summed E-state index contributed by atoms with van der Waals surface area (Å²) < 4.78 is 34.0. The molecule has 2 saturated heterocycles. The summed E-state index contributed by atoms with van der Waals surface area (Å²) in [6.07, 6.45) is -0.0898. The molecule has 0 spiro atoms. The number of nitrogens with zero attached hydrogens (tertiary/aromatic N) is 2. The van der Waals surface area contributed by atoms with Crippen LogP contribution in [0.4, 0.5) is 0 Å². The van der Waals surface area contributed by atoms with Gasteiger partial charge in [0.2, 0.25) is 0 Å². The molecule has 3 atom stereocenters. The predicted octanol–water partition coefficient (Wildman–Crippen LogP) is -4.28. The minimum atomic E-state index is -5.08. The Kier molecular flexibility index (Phi) is 4.98. The first-order valence-electron chi connectivity index (χ1n) is 6.89. The van der Waals surface area contributed by atoms with Crippen LogP contribution < -0.4 is 35.4 Å². The van der Waals surface area contributed by atoms with Gasteiger partial charge >= 0.3 is 29.6 Å². The van der Waals surface area contributed by atoms with E-state index in [9.17, 15) is 32.8 Å². The maximum absolute atomic E-state index is 12.3. The summed E-state index contributed by atoms with van der Waals surface area (Å²) in [4.78, 5) is 24.3. The van der Waals surface area contributed by atoms with Gasteiger partial charge < -0.3 is 14.8 Å². The van der Waals surface area contributed by atoms with Crippen molar-refractivity contribution in [2.24, 2.45) is 5.84 Å². The Labute approximate surface area is 165 Å². The van der Waals surface area contributed by atoms with Crippen molar-refractivity contribution in [3.05, 3.63) is 23.8 Å². The van der Waals surface area contributed by atoms with Gasteiger partial charge in [-0.3, -0.25) is 15.4 Å². The van der Waals surface area contributed by atoms with E-state index in [1.165, 1.54) is 18.2 Å². The van der Waals surface area contributed by atoms with Crippen LogP contribution in [-0.4, -0.2) is 55.8 Å². The summed E-state index contributed by atoms with van der Waals surface area (Å²) in [7, 11) is -5.08. The van der Waals surface area contributed by atoms with Crippen LogP contribution in [0.2, 0.25) is 0 Å². The summed E-state index contributed by atoms with van der Waals surface area (Å²) >= 11 is 0. The second kappa shape index (κ2) is 6.20. The first kappa shape index (κ1) is 20.1. The summed E-state index contributed by atoms with van der Waals surface area (Å²) in [5, 5.41) is 19.9. The van der Waals surface area contributed by atoms with Crippen molar-refractivity contribution >= 4 is 22.0 Å². The number of aromatic hydroxyl groups is 2. The monoisotopic (exact) mass is 379 g/mol. The number of rotatable bonds is 3. The fourth-order valence-electron chi connectivity index (χ4n) is 3.54. The molecule has 130 valence electrons. The van der Waals surface area contributed by atoms with Crippen molar-refractivity contribution < 1.29 is 62.3 Å². The van der Waals surface area contributed by atoms with Gasteiger partial charge in [0, 0.05) is 0 Å². The molecule has 0 radical (unpaired) electrons. The molecular formula is C13H14N3NaO7S. The van der Waals surface area contributed by atoms with E-state index in [1.54, 1.807) is 0 Å². The number of hydrogen-bond acceptors (Lipinski definition) is 9. The van der Waals surface area contributed by atoms with Crippen molar-refractivity contribution in [3.8, 4) is 11.5 Å². The van der Waals surface area contributed by atoms with Gasteiger partial charge in [0.05, 0.1) is 12.1 Å². The number of ketones is 1. The van der Waals surface area contributed by atoms with Gasteiger partial charge in [0.25, 0.3) is 5.91 Å². The molecule has 1 aromatic carbocycles. The number of hydrazine groups is 1. The van der Waals surface area contributed by atoms with Crippen LogP contribution in [0.3, 0.4) is 0 Å². The van der Waals surface area contributed by atoms with Crippen molar-refractivity contribution in [1.82, 2.24) is 9.31 Å². The SMILES string of the molecule is CC(=O)[C@]12C(=O)N(S(=O)(=O)[O-])[C@@H]1C[C@H](c1ccc(O)c(O)c1)N2N.[Na+]. The van der Waals surface area contributed by atoms with Gasteiger partial charge in [-0.15, -0.1) is 0 Å². The fraction of sp³-hybridized carbons (Fsp3) is 0.385. The third kappa shape index (κ3) is 2.58. The molecule has 2 aliphatic rings. The molecule has 3 rings (SSSR count). The van der Waals surface area contributed by atoms with Crippen LogP contribution in [0.5, 0.6) is 11.5 Å². The maximum atomic E-state index is 12.3. The Morgan fingerprint density at radius 1 is 1.36 bits per heavy atom. The van der Waals surface area contributed by atoms with Crippen LogP contribution in [0.25, 0.3) is 0 Å². The number of phenols is 2. The molecule has 2 fully saturated rings. The van der Waals surface area contributed by atoms with E-state index in [-0.39, 0.29) is 46.0 Å².